The van der Waals surface area contributed by atoms with Crippen LogP contribution in [0.4, 0.5) is 10.5 Å². The number of aryl methyl sites for hydroxylation is 2. The van der Waals surface area contributed by atoms with Gasteiger partial charge in [0, 0.05) is 12.2 Å². The first-order valence-electron chi connectivity index (χ1n) is 7.90. The fourth-order valence-electron chi connectivity index (χ4n) is 2.51. The van der Waals surface area contributed by atoms with Gasteiger partial charge in [-0.3, -0.25) is 0 Å². The summed E-state index contributed by atoms with van der Waals surface area (Å²) in [4.78, 5) is 12.1. The normalized spacial score (nSPS) is 10.2. The summed E-state index contributed by atoms with van der Waals surface area (Å²) < 4.78 is 5.20. The number of carbonyl (C=O) groups is 1. The van der Waals surface area contributed by atoms with Gasteiger partial charge in [0.1, 0.15) is 5.75 Å². The maximum absolute atomic E-state index is 12.1. The van der Waals surface area contributed by atoms with E-state index in [1.165, 1.54) is 0 Å². The van der Waals surface area contributed by atoms with Gasteiger partial charge < -0.3 is 15.4 Å². The predicted molar refractivity (Wildman–Crippen MR) is 94.3 cm³/mol. The zero-order valence-electron chi connectivity index (χ0n) is 14.0. The van der Waals surface area contributed by atoms with E-state index in [2.05, 4.69) is 17.6 Å². The minimum atomic E-state index is -0.170. The Morgan fingerprint density at radius 2 is 1.96 bits per heavy atom. The second kappa shape index (κ2) is 8.22. The molecule has 2 rings (SSSR count). The molecule has 0 heterocycles. The Bertz CT molecular complexity index is 668. The van der Waals surface area contributed by atoms with Crippen molar-refractivity contribution in [3.05, 3.63) is 59.2 Å². The van der Waals surface area contributed by atoms with Gasteiger partial charge in [0.2, 0.25) is 0 Å². The average Bonchev–Trinajstić information content (AvgIpc) is 2.57. The SMILES string of the molecule is CCc1cccc(C)c1NC(=O)NCCc1cccc(OC)c1. The second-order valence-corrected chi connectivity index (χ2v) is 5.45. The number of urea groups is 1. The maximum atomic E-state index is 12.1. The molecule has 4 nitrogen and oxygen atoms in total. The zero-order chi connectivity index (χ0) is 16.7. The molecule has 0 aliphatic rings. The molecule has 0 atom stereocenters. The average molecular weight is 312 g/mol. The van der Waals surface area contributed by atoms with Crippen LogP contribution in [0.2, 0.25) is 0 Å². The number of benzene rings is 2. The Labute approximate surface area is 137 Å². The smallest absolute Gasteiger partial charge is 0.319 e. The van der Waals surface area contributed by atoms with Crippen LogP contribution in [0.5, 0.6) is 5.75 Å². The van der Waals surface area contributed by atoms with Gasteiger partial charge in [0.15, 0.2) is 0 Å². The number of para-hydroxylation sites is 1. The standard InChI is InChI=1S/C19H24N2O2/c1-4-16-9-5-7-14(2)18(16)21-19(22)20-12-11-15-8-6-10-17(13-15)23-3/h5-10,13H,4,11-12H2,1-3H3,(H2,20,21,22). The number of nitrogens with one attached hydrogen (secondary N) is 2. The molecular weight excluding hydrogens is 288 g/mol. The minimum Gasteiger partial charge on any atom is -0.497 e. The van der Waals surface area contributed by atoms with E-state index >= 15 is 0 Å². The molecule has 2 amide bonds. The number of hydrogen-bond donors (Lipinski definition) is 2. The highest BCUT2D eigenvalue weighted by Crippen LogP contribution is 2.20. The van der Waals surface area contributed by atoms with Crippen molar-refractivity contribution in [1.82, 2.24) is 5.32 Å². The van der Waals surface area contributed by atoms with Gasteiger partial charge in [-0.1, -0.05) is 37.3 Å². The maximum Gasteiger partial charge on any atom is 0.319 e. The van der Waals surface area contributed by atoms with E-state index in [9.17, 15) is 4.79 Å². The molecule has 0 saturated heterocycles. The van der Waals surface area contributed by atoms with E-state index in [1.807, 2.05) is 49.4 Å². The third kappa shape index (κ3) is 4.74. The molecule has 2 N–H and O–H groups in total. The van der Waals surface area contributed by atoms with Crippen LogP contribution in [0.25, 0.3) is 0 Å². The molecule has 0 unspecified atom stereocenters. The van der Waals surface area contributed by atoms with Crippen LogP contribution in [0.1, 0.15) is 23.6 Å². The fourth-order valence-corrected chi connectivity index (χ4v) is 2.51. The minimum absolute atomic E-state index is 0.170. The summed E-state index contributed by atoms with van der Waals surface area (Å²) in [6.07, 6.45) is 1.65. The van der Waals surface area contributed by atoms with Gasteiger partial charge in [-0.2, -0.15) is 0 Å². The van der Waals surface area contributed by atoms with Gasteiger partial charge in [-0.15, -0.1) is 0 Å². The predicted octanol–water partition coefficient (Wildman–Crippen LogP) is 3.93. The highest BCUT2D eigenvalue weighted by Gasteiger charge is 2.08. The number of amides is 2. The molecule has 23 heavy (non-hydrogen) atoms. The summed E-state index contributed by atoms with van der Waals surface area (Å²) >= 11 is 0. The molecule has 2 aromatic carbocycles. The molecule has 0 spiro atoms. The van der Waals surface area contributed by atoms with Gasteiger partial charge in [-0.25, -0.2) is 4.79 Å². The monoisotopic (exact) mass is 312 g/mol. The number of anilines is 1. The van der Waals surface area contributed by atoms with Crippen LogP contribution >= 0.6 is 0 Å². The van der Waals surface area contributed by atoms with E-state index in [0.29, 0.717) is 6.54 Å². The third-order valence-electron chi connectivity index (χ3n) is 3.81. The second-order valence-electron chi connectivity index (χ2n) is 5.45. The molecule has 0 saturated carbocycles. The summed E-state index contributed by atoms with van der Waals surface area (Å²) in [6.45, 7) is 4.66. The fraction of sp³-hybridized carbons (Fsp3) is 0.316. The van der Waals surface area contributed by atoms with Crippen molar-refractivity contribution in [1.29, 1.82) is 0 Å². The molecule has 0 aliphatic heterocycles. The van der Waals surface area contributed by atoms with Gasteiger partial charge in [0.05, 0.1) is 7.11 Å². The first-order chi connectivity index (χ1) is 11.1. The van der Waals surface area contributed by atoms with Crippen LogP contribution in [-0.4, -0.2) is 19.7 Å². The van der Waals surface area contributed by atoms with Crippen molar-refractivity contribution in [3.8, 4) is 5.75 Å². The number of carbonyl (C=O) groups excluding carboxylic acids is 1. The Morgan fingerprint density at radius 1 is 1.17 bits per heavy atom. The van der Waals surface area contributed by atoms with Gasteiger partial charge >= 0.3 is 6.03 Å². The summed E-state index contributed by atoms with van der Waals surface area (Å²) in [6, 6.07) is 13.8. The van der Waals surface area contributed by atoms with Crippen molar-refractivity contribution in [2.24, 2.45) is 0 Å². The van der Waals surface area contributed by atoms with E-state index in [4.69, 9.17) is 4.74 Å². The molecule has 0 bridgehead atoms. The van der Waals surface area contributed by atoms with Crippen LogP contribution in [-0.2, 0) is 12.8 Å². The largest absolute Gasteiger partial charge is 0.497 e. The van der Waals surface area contributed by atoms with Crippen LogP contribution in [0.15, 0.2) is 42.5 Å². The van der Waals surface area contributed by atoms with Crippen LogP contribution in [0, 0.1) is 6.92 Å². The van der Waals surface area contributed by atoms with Crippen molar-refractivity contribution in [3.63, 3.8) is 0 Å². The lowest BCUT2D eigenvalue weighted by atomic mass is 10.1. The highest BCUT2D eigenvalue weighted by atomic mass is 16.5. The van der Waals surface area contributed by atoms with Crippen molar-refractivity contribution >= 4 is 11.7 Å². The first kappa shape index (κ1) is 16.9. The Hall–Kier alpha value is -2.49. The molecule has 2 aromatic rings. The molecular formula is C19H24N2O2. The van der Waals surface area contributed by atoms with E-state index in [-0.39, 0.29) is 6.03 Å². The number of hydrogen-bond acceptors (Lipinski definition) is 2. The number of methoxy groups -OCH3 is 1. The first-order valence-corrected chi connectivity index (χ1v) is 7.90. The summed E-state index contributed by atoms with van der Waals surface area (Å²) in [5.74, 6) is 0.833. The highest BCUT2D eigenvalue weighted by molar-refractivity contribution is 5.91. The zero-order valence-corrected chi connectivity index (χ0v) is 14.0. The van der Waals surface area contributed by atoms with E-state index < -0.39 is 0 Å². The molecule has 0 aromatic heterocycles. The Morgan fingerprint density at radius 3 is 2.70 bits per heavy atom. The number of ether oxygens (including phenoxy) is 1. The lowest BCUT2D eigenvalue weighted by Crippen LogP contribution is -2.31. The molecule has 4 heteroatoms. The summed E-state index contributed by atoms with van der Waals surface area (Å²) in [7, 11) is 1.65. The molecule has 122 valence electrons. The molecule has 0 fully saturated rings. The lowest BCUT2D eigenvalue weighted by molar-refractivity contribution is 0.252. The van der Waals surface area contributed by atoms with Crippen molar-refractivity contribution in [2.75, 3.05) is 19.0 Å². The summed E-state index contributed by atoms with van der Waals surface area (Å²) in [5.41, 5.74) is 4.27. The Kier molecular flexibility index (Phi) is 6.03. The molecule has 0 aliphatic carbocycles. The van der Waals surface area contributed by atoms with E-state index in [0.717, 1.165) is 41.0 Å². The summed E-state index contributed by atoms with van der Waals surface area (Å²) in [5, 5.41) is 5.87. The van der Waals surface area contributed by atoms with Gasteiger partial charge in [-0.05, 0) is 48.6 Å². The number of rotatable bonds is 6. The van der Waals surface area contributed by atoms with Crippen LogP contribution in [0.3, 0.4) is 0 Å². The lowest BCUT2D eigenvalue weighted by Gasteiger charge is -2.13. The quantitative estimate of drug-likeness (QED) is 0.849. The van der Waals surface area contributed by atoms with Crippen molar-refractivity contribution < 1.29 is 9.53 Å². The molecule has 0 radical (unpaired) electrons. The van der Waals surface area contributed by atoms with E-state index in [1.54, 1.807) is 7.11 Å². The van der Waals surface area contributed by atoms with Crippen LogP contribution < -0.4 is 15.4 Å². The third-order valence-corrected chi connectivity index (χ3v) is 3.81. The van der Waals surface area contributed by atoms with Crippen molar-refractivity contribution in [2.45, 2.75) is 26.7 Å². The van der Waals surface area contributed by atoms with Gasteiger partial charge in [0.25, 0.3) is 0 Å². The Balaban J connectivity index is 1.88. The topological polar surface area (TPSA) is 50.4 Å².